The number of methoxy groups -OCH3 is 1. The zero-order chi connectivity index (χ0) is 16.9. The van der Waals surface area contributed by atoms with Gasteiger partial charge >= 0.3 is 0 Å². The Morgan fingerprint density at radius 3 is 2.42 bits per heavy atom. The van der Waals surface area contributed by atoms with E-state index >= 15 is 0 Å². The predicted molar refractivity (Wildman–Crippen MR) is 87.8 cm³/mol. The highest BCUT2D eigenvalue weighted by molar-refractivity contribution is 5.56. The minimum atomic E-state index is -1.27. The second kappa shape index (κ2) is 5.31. The number of hydrogen-bond donors (Lipinski definition) is 1. The minimum absolute atomic E-state index is 0.0239. The van der Waals surface area contributed by atoms with E-state index in [1.807, 2.05) is 37.3 Å². The lowest BCUT2D eigenvalue weighted by atomic mass is 9.75. The zero-order valence-electron chi connectivity index (χ0n) is 13.9. The van der Waals surface area contributed by atoms with Crippen molar-refractivity contribution in [1.29, 1.82) is 0 Å². The Kier molecular flexibility index (Phi) is 3.35. The lowest BCUT2D eigenvalue weighted by molar-refractivity contribution is -0.171. The summed E-state index contributed by atoms with van der Waals surface area (Å²) in [5, 5.41) is 10.8. The summed E-state index contributed by atoms with van der Waals surface area (Å²) in [5.74, 6) is 1.35. The molecule has 126 valence electrons. The Morgan fingerprint density at radius 1 is 1.08 bits per heavy atom. The van der Waals surface area contributed by atoms with Crippen molar-refractivity contribution in [2.75, 3.05) is 13.9 Å². The smallest absolute Gasteiger partial charge is 0.231 e. The highest BCUT2D eigenvalue weighted by atomic mass is 16.7. The monoisotopic (exact) mass is 328 g/mol. The number of hydrogen-bond acceptors (Lipinski definition) is 5. The van der Waals surface area contributed by atoms with Gasteiger partial charge in [-0.1, -0.05) is 19.1 Å². The molecule has 0 saturated carbocycles. The number of aliphatic hydroxyl groups is 1. The first-order chi connectivity index (χ1) is 11.5. The predicted octanol–water partition coefficient (Wildman–Crippen LogP) is 3.29. The Balaban J connectivity index is 1.85. The number of fused-ring (bicyclic) bond motifs is 2. The van der Waals surface area contributed by atoms with Crippen LogP contribution in [0.4, 0.5) is 0 Å². The van der Waals surface area contributed by atoms with Crippen LogP contribution in [-0.2, 0) is 0 Å². The molecule has 2 aromatic carbocycles. The van der Waals surface area contributed by atoms with Crippen molar-refractivity contribution in [3.05, 3.63) is 47.5 Å². The third kappa shape index (κ3) is 2.27. The van der Waals surface area contributed by atoms with E-state index in [4.69, 9.17) is 18.9 Å². The molecule has 0 unspecified atom stereocenters. The largest absolute Gasteiger partial charge is 0.497 e. The highest BCUT2D eigenvalue weighted by Crippen LogP contribution is 2.51. The fraction of sp³-hybridized carbons (Fsp3) is 0.368. The lowest BCUT2D eigenvalue weighted by Gasteiger charge is -2.42. The first kappa shape index (κ1) is 15.1. The molecule has 4 rings (SSSR count). The fourth-order valence-electron chi connectivity index (χ4n) is 3.44. The molecule has 0 amide bonds. The molecule has 0 fully saturated rings. The van der Waals surface area contributed by atoms with Gasteiger partial charge in [0.15, 0.2) is 11.5 Å². The fourth-order valence-corrected chi connectivity index (χ4v) is 3.44. The van der Waals surface area contributed by atoms with Gasteiger partial charge in [0.1, 0.15) is 11.5 Å². The lowest BCUT2D eigenvalue weighted by Crippen LogP contribution is -2.45. The molecule has 1 N–H and O–H groups in total. The van der Waals surface area contributed by atoms with Gasteiger partial charge in [0, 0.05) is 30.4 Å². The molecular formula is C19H20O5. The van der Waals surface area contributed by atoms with Crippen LogP contribution in [0.25, 0.3) is 0 Å². The van der Waals surface area contributed by atoms with Crippen LogP contribution in [0.3, 0.4) is 0 Å². The molecule has 2 aliphatic heterocycles. The van der Waals surface area contributed by atoms with E-state index in [1.54, 1.807) is 20.1 Å². The molecule has 0 radical (unpaired) electrons. The van der Waals surface area contributed by atoms with Crippen LogP contribution in [0.1, 0.15) is 30.9 Å². The van der Waals surface area contributed by atoms with Crippen molar-refractivity contribution in [3.8, 4) is 23.0 Å². The molecule has 3 atom stereocenters. The molecule has 0 saturated heterocycles. The summed E-state index contributed by atoms with van der Waals surface area (Å²) in [6.45, 7) is 3.89. The Labute approximate surface area is 140 Å². The van der Waals surface area contributed by atoms with Crippen molar-refractivity contribution in [3.63, 3.8) is 0 Å². The summed E-state index contributed by atoms with van der Waals surface area (Å²) in [7, 11) is 1.65. The van der Waals surface area contributed by atoms with Crippen LogP contribution in [-0.4, -0.2) is 24.8 Å². The van der Waals surface area contributed by atoms with Crippen molar-refractivity contribution in [1.82, 2.24) is 0 Å². The van der Waals surface area contributed by atoms with Crippen LogP contribution in [0.15, 0.2) is 36.4 Å². The second-order valence-electron chi connectivity index (χ2n) is 6.44. The highest BCUT2D eigenvalue weighted by Gasteiger charge is 2.44. The van der Waals surface area contributed by atoms with E-state index in [2.05, 4.69) is 0 Å². The van der Waals surface area contributed by atoms with Gasteiger partial charge < -0.3 is 24.1 Å². The van der Waals surface area contributed by atoms with Crippen LogP contribution >= 0.6 is 0 Å². The minimum Gasteiger partial charge on any atom is -0.497 e. The van der Waals surface area contributed by atoms with Gasteiger partial charge in [-0.3, -0.25) is 0 Å². The van der Waals surface area contributed by atoms with E-state index in [0.717, 1.165) is 16.9 Å². The molecule has 24 heavy (non-hydrogen) atoms. The molecule has 5 heteroatoms. The molecular weight excluding hydrogens is 308 g/mol. The molecule has 2 aromatic rings. The Bertz CT molecular complexity index is 766. The second-order valence-corrected chi connectivity index (χ2v) is 6.44. The number of rotatable bonds is 2. The summed E-state index contributed by atoms with van der Waals surface area (Å²) >= 11 is 0. The normalized spacial score (nSPS) is 27.3. The number of benzene rings is 2. The van der Waals surface area contributed by atoms with Crippen LogP contribution in [0, 0.1) is 5.92 Å². The topological polar surface area (TPSA) is 57.2 Å². The molecule has 0 aliphatic carbocycles. The maximum atomic E-state index is 10.8. The van der Waals surface area contributed by atoms with Gasteiger partial charge in [-0.05, 0) is 23.8 Å². The van der Waals surface area contributed by atoms with E-state index in [0.29, 0.717) is 17.2 Å². The van der Waals surface area contributed by atoms with E-state index in [-0.39, 0.29) is 18.6 Å². The Hall–Kier alpha value is -2.40. The van der Waals surface area contributed by atoms with Gasteiger partial charge in [-0.2, -0.15) is 0 Å². The molecule has 2 heterocycles. The van der Waals surface area contributed by atoms with E-state index in [1.165, 1.54) is 0 Å². The van der Waals surface area contributed by atoms with Crippen molar-refractivity contribution in [2.45, 2.75) is 25.6 Å². The summed E-state index contributed by atoms with van der Waals surface area (Å²) in [4.78, 5) is 0. The average molecular weight is 328 g/mol. The van der Waals surface area contributed by atoms with E-state index in [9.17, 15) is 5.11 Å². The molecule has 0 aromatic heterocycles. The Morgan fingerprint density at radius 2 is 1.75 bits per heavy atom. The standard InChI is InChI=1S/C19H20O5/c1-11-18(12-4-6-13(21-3)7-5-12)14-8-16-17(23-10-22-16)9-15(14)24-19(11,2)20/h4-9,11,18,20H,10H2,1-3H3/t11-,18-,19-/m1/s1. The van der Waals surface area contributed by atoms with Crippen molar-refractivity contribution >= 4 is 0 Å². The summed E-state index contributed by atoms with van der Waals surface area (Å²) in [5.41, 5.74) is 2.08. The third-order valence-corrected chi connectivity index (χ3v) is 4.98. The third-order valence-electron chi connectivity index (χ3n) is 4.98. The van der Waals surface area contributed by atoms with Gasteiger partial charge in [-0.15, -0.1) is 0 Å². The van der Waals surface area contributed by atoms with Gasteiger partial charge in [0.25, 0.3) is 0 Å². The van der Waals surface area contributed by atoms with Crippen LogP contribution < -0.4 is 18.9 Å². The van der Waals surface area contributed by atoms with Gasteiger partial charge in [0.05, 0.1) is 7.11 Å². The van der Waals surface area contributed by atoms with Gasteiger partial charge in [0.2, 0.25) is 12.6 Å². The average Bonchev–Trinajstić information content (AvgIpc) is 3.01. The summed E-state index contributed by atoms with van der Waals surface area (Å²) in [6.07, 6.45) is 0. The van der Waals surface area contributed by atoms with Crippen molar-refractivity contribution < 1.29 is 24.1 Å². The quantitative estimate of drug-likeness (QED) is 0.917. The number of ether oxygens (including phenoxy) is 4. The zero-order valence-corrected chi connectivity index (χ0v) is 13.9. The first-order valence-electron chi connectivity index (χ1n) is 7.98. The molecule has 2 aliphatic rings. The van der Waals surface area contributed by atoms with Crippen molar-refractivity contribution in [2.24, 2.45) is 5.92 Å². The van der Waals surface area contributed by atoms with Crippen LogP contribution in [0.2, 0.25) is 0 Å². The van der Waals surface area contributed by atoms with E-state index < -0.39 is 5.79 Å². The SMILES string of the molecule is COc1ccc([C@@H]2c3cc4c(cc3O[C@@](C)(O)[C@@H]2C)OCO4)cc1. The maximum Gasteiger partial charge on any atom is 0.231 e. The molecule has 5 nitrogen and oxygen atoms in total. The van der Waals surface area contributed by atoms with Crippen LogP contribution in [0.5, 0.6) is 23.0 Å². The first-order valence-corrected chi connectivity index (χ1v) is 7.98. The molecule has 0 bridgehead atoms. The molecule has 0 spiro atoms. The maximum absolute atomic E-state index is 10.8. The summed E-state index contributed by atoms with van der Waals surface area (Å²) < 4.78 is 22.0. The van der Waals surface area contributed by atoms with Gasteiger partial charge in [-0.25, -0.2) is 0 Å². The summed E-state index contributed by atoms with van der Waals surface area (Å²) in [6, 6.07) is 11.7.